The highest BCUT2D eigenvalue weighted by molar-refractivity contribution is 5.76. The van der Waals surface area contributed by atoms with E-state index in [0.29, 0.717) is 26.0 Å². The Morgan fingerprint density at radius 1 is 1.75 bits per heavy atom. The first kappa shape index (κ1) is 8.99. The number of hydrogen-bond donors (Lipinski definition) is 2. The molecule has 0 radical (unpaired) electrons. The summed E-state index contributed by atoms with van der Waals surface area (Å²) in [6.45, 7) is 0.993. The van der Waals surface area contributed by atoms with E-state index in [1.165, 1.54) is 0 Å². The maximum Gasteiger partial charge on any atom is 0.326 e. The highest BCUT2D eigenvalue weighted by Crippen LogP contribution is 2.16. The maximum absolute atomic E-state index is 10.6. The van der Waals surface area contributed by atoms with Gasteiger partial charge in [-0.15, -0.1) is 0 Å². The van der Waals surface area contributed by atoms with Gasteiger partial charge in [0.25, 0.3) is 0 Å². The van der Waals surface area contributed by atoms with Crippen LogP contribution < -0.4 is 5.32 Å². The minimum Gasteiger partial charge on any atom is -0.480 e. The number of carboxylic acid groups (broad SMARTS) is 1. The van der Waals surface area contributed by atoms with Crippen molar-refractivity contribution < 1.29 is 19.4 Å². The zero-order chi connectivity index (χ0) is 8.97. The molecule has 2 atom stereocenters. The number of amides is 1. The van der Waals surface area contributed by atoms with Crippen LogP contribution in [0.5, 0.6) is 0 Å². The second-order valence-electron chi connectivity index (χ2n) is 2.72. The number of carbonyl (C=O) groups is 2. The van der Waals surface area contributed by atoms with Gasteiger partial charge < -0.3 is 15.2 Å². The monoisotopic (exact) mass is 173 g/mol. The number of carbonyl (C=O) groups excluding carboxylic acids is 1. The average Bonchev–Trinajstić information content (AvgIpc) is 2.51. The van der Waals surface area contributed by atoms with Crippen molar-refractivity contribution in [2.75, 3.05) is 13.2 Å². The summed E-state index contributed by atoms with van der Waals surface area (Å²) in [4.78, 5) is 20.7. The molecule has 1 aliphatic heterocycles. The molecule has 0 aromatic carbocycles. The van der Waals surface area contributed by atoms with Crippen molar-refractivity contribution >= 4 is 12.4 Å². The molecule has 12 heavy (non-hydrogen) atoms. The van der Waals surface area contributed by atoms with Gasteiger partial charge in [-0.05, 0) is 6.42 Å². The van der Waals surface area contributed by atoms with E-state index in [1.807, 2.05) is 0 Å². The Bertz CT molecular complexity index is 176. The van der Waals surface area contributed by atoms with Crippen LogP contribution in [0.1, 0.15) is 6.42 Å². The van der Waals surface area contributed by atoms with Crippen LogP contribution in [0.2, 0.25) is 0 Å². The van der Waals surface area contributed by atoms with Gasteiger partial charge in [0.2, 0.25) is 6.41 Å². The minimum absolute atomic E-state index is 0.0901. The molecule has 5 nitrogen and oxygen atoms in total. The van der Waals surface area contributed by atoms with Gasteiger partial charge in [0, 0.05) is 12.5 Å². The molecule has 1 aliphatic rings. The Hall–Kier alpha value is -1.10. The van der Waals surface area contributed by atoms with E-state index >= 15 is 0 Å². The number of hydrogen-bond acceptors (Lipinski definition) is 3. The summed E-state index contributed by atoms with van der Waals surface area (Å²) in [6.07, 6.45) is 1.11. The van der Waals surface area contributed by atoms with Gasteiger partial charge in [0.1, 0.15) is 6.04 Å². The van der Waals surface area contributed by atoms with E-state index in [9.17, 15) is 9.59 Å². The van der Waals surface area contributed by atoms with Crippen LogP contribution in [0.3, 0.4) is 0 Å². The second-order valence-corrected chi connectivity index (χ2v) is 2.72. The lowest BCUT2D eigenvalue weighted by molar-refractivity contribution is -0.142. The number of carboxylic acids is 1. The van der Waals surface area contributed by atoms with Crippen molar-refractivity contribution in [2.45, 2.75) is 12.5 Å². The third-order valence-corrected chi connectivity index (χ3v) is 1.95. The Balaban J connectivity index is 2.51. The SMILES string of the molecule is O=CNC(C(=O)O)C1CCOC1. The van der Waals surface area contributed by atoms with Crippen molar-refractivity contribution in [2.24, 2.45) is 5.92 Å². The first-order chi connectivity index (χ1) is 5.75. The summed E-state index contributed by atoms with van der Waals surface area (Å²) in [5, 5.41) is 11.0. The molecule has 0 aromatic heterocycles. The van der Waals surface area contributed by atoms with Gasteiger partial charge in [-0.1, -0.05) is 0 Å². The topological polar surface area (TPSA) is 75.6 Å². The molecule has 1 saturated heterocycles. The van der Waals surface area contributed by atoms with E-state index in [2.05, 4.69) is 5.32 Å². The lowest BCUT2D eigenvalue weighted by atomic mass is 9.99. The van der Waals surface area contributed by atoms with Crippen LogP contribution in [-0.4, -0.2) is 36.7 Å². The molecule has 68 valence electrons. The predicted octanol–water partition coefficient (Wildman–Crippen LogP) is -0.778. The molecule has 5 heteroatoms. The quantitative estimate of drug-likeness (QED) is 0.547. The summed E-state index contributed by atoms with van der Waals surface area (Å²) in [7, 11) is 0. The van der Waals surface area contributed by atoms with Crippen molar-refractivity contribution in [3.8, 4) is 0 Å². The first-order valence-corrected chi connectivity index (χ1v) is 3.76. The zero-order valence-corrected chi connectivity index (χ0v) is 6.53. The highest BCUT2D eigenvalue weighted by atomic mass is 16.5. The van der Waals surface area contributed by atoms with E-state index in [0.717, 1.165) is 0 Å². The Labute approximate surface area is 69.7 Å². The molecule has 2 N–H and O–H groups in total. The van der Waals surface area contributed by atoms with Crippen LogP contribution in [0, 0.1) is 5.92 Å². The van der Waals surface area contributed by atoms with E-state index in [-0.39, 0.29) is 5.92 Å². The molecule has 1 fully saturated rings. The van der Waals surface area contributed by atoms with Crippen LogP contribution in [0.25, 0.3) is 0 Å². The summed E-state index contributed by atoms with van der Waals surface area (Å²) in [5.41, 5.74) is 0. The molecular weight excluding hydrogens is 162 g/mol. The molecule has 0 saturated carbocycles. The number of ether oxygens (including phenoxy) is 1. The zero-order valence-electron chi connectivity index (χ0n) is 6.53. The average molecular weight is 173 g/mol. The van der Waals surface area contributed by atoms with Crippen LogP contribution in [0.15, 0.2) is 0 Å². The summed E-state index contributed by atoms with van der Waals surface area (Å²) in [6, 6.07) is -0.801. The lowest BCUT2D eigenvalue weighted by Crippen LogP contribution is -2.42. The van der Waals surface area contributed by atoms with Gasteiger partial charge in [-0.25, -0.2) is 4.79 Å². The maximum atomic E-state index is 10.6. The van der Waals surface area contributed by atoms with Gasteiger partial charge in [-0.2, -0.15) is 0 Å². The third kappa shape index (κ3) is 1.94. The fourth-order valence-corrected chi connectivity index (χ4v) is 1.30. The standard InChI is InChI=1S/C7H11NO4/c9-4-8-6(7(10)11)5-1-2-12-3-5/h4-6H,1-3H2,(H,8,9)(H,10,11). The Morgan fingerprint density at radius 2 is 2.50 bits per heavy atom. The van der Waals surface area contributed by atoms with E-state index in [4.69, 9.17) is 9.84 Å². The normalized spacial score (nSPS) is 24.8. The Morgan fingerprint density at radius 3 is 2.92 bits per heavy atom. The van der Waals surface area contributed by atoms with Gasteiger partial charge in [0.05, 0.1) is 6.61 Å². The minimum atomic E-state index is -1.00. The summed E-state index contributed by atoms with van der Waals surface area (Å²) >= 11 is 0. The molecule has 1 amide bonds. The smallest absolute Gasteiger partial charge is 0.326 e. The van der Waals surface area contributed by atoms with Crippen molar-refractivity contribution in [1.82, 2.24) is 5.32 Å². The molecular formula is C7H11NO4. The van der Waals surface area contributed by atoms with Crippen LogP contribution in [0.4, 0.5) is 0 Å². The second kappa shape index (κ2) is 4.06. The summed E-state index contributed by atoms with van der Waals surface area (Å²) < 4.78 is 5.02. The van der Waals surface area contributed by atoms with Crippen molar-refractivity contribution in [3.63, 3.8) is 0 Å². The molecule has 0 aliphatic carbocycles. The van der Waals surface area contributed by atoms with Crippen LogP contribution in [-0.2, 0) is 14.3 Å². The van der Waals surface area contributed by atoms with Gasteiger partial charge in [0.15, 0.2) is 0 Å². The highest BCUT2D eigenvalue weighted by Gasteiger charge is 2.30. The van der Waals surface area contributed by atoms with Crippen LogP contribution >= 0.6 is 0 Å². The van der Waals surface area contributed by atoms with E-state index in [1.54, 1.807) is 0 Å². The van der Waals surface area contributed by atoms with E-state index < -0.39 is 12.0 Å². The fourth-order valence-electron chi connectivity index (χ4n) is 1.30. The number of aliphatic carboxylic acids is 1. The molecule has 0 aromatic rings. The van der Waals surface area contributed by atoms with Crippen molar-refractivity contribution in [1.29, 1.82) is 0 Å². The number of nitrogens with one attached hydrogen (secondary N) is 1. The Kier molecular flexibility index (Phi) is 3.04. The molecule has 2 unspecified atom stereocenters. The van der Waals surface area contributed by atoms with Gasteiger partial charge >= 0.3 is 5.97 Å². The first-order valence-electron chi connectivity index (χ1n) is 3.76. The van der Waals surface area contributed by atoms with Crippen molar-refractivity contribution in [3.05, 3.63) is 0 Å². The third-order valence-electron chi connectivity index (χ3n) is 1.95. The lowest BCUT2D eigenvalue weighted by Gasteiger charge is -2.16. The molecule has 0 bridgehead atoms. The van der Waals surface area contributed by atoms with Gasteiger partial charge in [-0.3, -0.25) is 4.79 Å². The molecule has 0 spiro atoms. The predicted molar refractivity (Wildman–Crippen MR) is 39.5 cm³/mol. The summed E-state index contributed by atoms with van der Waals surface area (Å²) in [5.74, 6) is -1.09. The molecule has 1 heterocycles. The largest absolute Gasteiger partial charge is 0.480 e. The molecule has 1 rings (SSSR count). The number of rotatable bonds is 4. The fraction of sp³-hybridized carbons (Fsp3) is 0.714.